The number of aromatic nitrogens is 5. The van der Waals surface area contributed by atoms with Crippen LogP contribution in [0, 0.1) is 12.7 Å². The van der Waals surface area contributed by atoms with Crippen LogP contribution < -0.4 is 10.5 Å². The van der Waals surface area contributed by atoms with E-state index in [1.807, 2.05) is 25.3 Å². The first-order valence-electron chi connectivity index (χ1n) is 11.5. The van der Waals surface area contributed by atoms with Gasteiger partial charge < -0.3 is 24.7 Å². The highest BCUT2D eigenvalue weighted by atomic mass is 19.1. The maximum absolute atomic E-state index is 15.2. The molecule has 0 saturated heterocycles. The fraction of sp³-hybridized carbons (Fsp3) is 0.320. The predicted molar refractivity (Wildman–Crippen MR) is 131 cm³/mol. The summed E-state index contributed by atoms with van der Waals surface area (Å²) in [5.41, 5.74) is 8.95. The number of anilines is 1. The molecule has 1 aliphatic heterocycles. The minimum absolute atomic E-state index is 0.0127. The Morgan fingerprint density at radius 3 is 2.67 bits per heavy atom. The van der Waals surface area contributed by atoms with E-state index in [2.05, 4.69) is 19.9 Å². The number of rotatable bonds is 3. The van der Waals surface area contributed by atoms with Gasteiger partial charge in [-0.1, -0.05) is 6.07 Å². The number of aryl methyl sites for hydroxylation is 1. The first-order valence-corrected chi connectivity index (χ1v) is 11.5. The van der Waals surface area contributed by atoms with Crippen LogP contribution >= 0.6 is 0 Å². The van der Waals surface area contributed by atoms with Crippen molar-refractivity contribution < 1.29 is 18.7 Å². The van der Waals surface area contributed by atoms with Crippen LogP contribution in [-0.2, 0) is 17.8 Å². The van der Waals surface area contributed by atoms with Gasteiger partial charge in [0.25, 0.3) is 0 Å². The van der Waals surface area contributed by atoms with Crippen LogP contribution in [-0.4, -0.2) is 47.6 Å². The summed E-state index contributed by atoms with van der Waals surface area (Å²) in [7, 11) is 0. The molecule has 0 spiro atoms. The van der Waals surface area contributed by atoms with Crippen molar-refractivity contribution in [2.45, 2.75) is 46.4 Å². The third kappa shape index (κ3) is 4.39. The molecule has 5 rings (SSSR count). The van der Waals surface area contributed by atoms with E-state index in [0.717, 1.165) is 5.69 Å². The third-order valence-corrected chi connectivity index (χ3v) is 5.76. The molecule has 3 aromatic heterocycles. The molecule has 0 bridgehead atoms. The van der Waals surface area contributed by atoms with E-state index < -0.39 is 17.5 Å². The highest BCUT2D eigenvalue weighted by Crippen LogP contribution is 2.40. The zero-order valence-corrected chi connectivity index (χ0v) is 20.4. The molecule has 0 fully saturated rings. The average molecular weight is 492 g/mol. The number of halogens is 1. The van der Waals surface area contributed by atoms with Crippen molar-refractivity contribution in [3.05, 3.63) is 54.0 Å². The Morgan fingerprint density at radius 2 is 1.94 bits per heavy atom. The lowest BCUT2D eigenvalue weighted by Crippen LogP contribution is -2.41. The quantitative estimate of drug-likeness (QED) is 0.446. The van der Waals surface area contributed by atoms with Gasteiger partial charge in [0, 0.05) is 36.2 Å². The van der Waals surface area contributed by atoms with Gasteiger partial charge in [0.1, 0.15) is 23.4 Å². The number of nitrogen functional groups attached to an aromatic ring is 1. The number of ether oxygens (including phenoxy) is 2. The molecule has 0 atom stereocenters. The Labute approximate surface area is 206 Å². The van der Waals surface area contributed by atoms with Gasteiger partial charge in [-0.2, -0.15) is 0 Å². The number of hydrogen-bond acceptors (Lipinski definition) is 8. The number of fused-ring (bicyclic) bond motifs is 3. The molecule has 2 N–H and O–H groups in total. The molecule has 11 heteroatoms. The van der Waals surface area contributed by atoms with Crippen molar-refractivity contribution in [1.82, 2.24) is 29.4 Å². The van der Waals surface area contributed by atoms with Crippen LogP contribution in [0.4, 0.5) is 15.0 Å². The van der Waals surface area contributed by atoms with Crippen LogP contribution in [0.2, 0.25) is 0 Å². The van der Waals surface area contributed by atoms with E-state index in [0.29, 0.717) is 40.9 Å². The summed E-state index contributed by atoms with van der Waals surface area (Å²) < 4.78 is 28.3. The van der Waals surface area contributed by atoms with Crippen molar-refractivity contribution in [2.24, 2.45) is 0 Å². The fourth-order valence-electron chi connectivity index (χ4n) is 4.23. The molecule has 1 amide bonds. The highest BCUT2D eigenvalue weighted by Gasteiger charge is 2.31. The molecule has 4 heterocycles. The molecule has 10 nitrogen and oxygen atoms in total. The normalized spacial score (nSPS) is 13.5. The van der Waals surface area contributed by atoms with Gasteiger partial charge in [0.2, 0.25) is 0 Å². The summed E-state index contributed by atoms with van der Waals surface area (Å²) in [6, 6.07) is 6.38. The lowest BCUT2D eigenvalue weighted by atomic mass is 10.0. The predicted octanol–water partition coefficient (Wildman–Crippen LogP) is 4.46. The second kappa shape index (κ2) is 8.74. The van der Waals surface area contributed by atoms with Crippen molar-refractivity contribution >= 4 is 22.9 Å². The molecule has 186 valence electrons. The first kappa shape index (κ1) is 23.5. The Bertz CT molecular complexity index is 1480. The van der Waals surface area contributed by atoms with Crippen molar-refractivity contribution in [1.29, 1.82) is 0 Å². The average Bonchev–Trinajstić information content (AvgIpc) is 3.14. The largest absolute Gasteiger partial charge is 0.444 e. The maximum Gasteiger partial charge on any atom is 0.410 e. The van der Waals surface area contributed by atoms with Crippen LogP contribution in [0.25, 0.3) is 22.2 Å². The molecule has 36 heavy (non-hydrogen) atoms. The SMILES string of the molecule is Cc1ccnc(Oc2ccc(-c3c4n(c5ncnc(N)c35)CCN(C(=O)OC(C)(C)C)C4)cc2F)n1. The van der Waals surface area contributed by atoms with E-state index in [-0.39, 0.29) is 24.1 Å². The van der Waals surface area contributed by atoms with Crippen LogP contribution in [0.3, 0.4) is 0 Å². The zero-order valence-electron chi connectivity index (χ0n) is 20.4. The molecule has 0 aliphatic carbocycles. The van der Waals surface area contributed by atoms with Gasteiger partial charge in [-0.15, -0.1) is 0 Å². The fourth-order valence-corrected chi connectivity index (χ4v) is 4.23. The topological polar surface area (TPSA) is 121 Å². The first-order chi connectivity index (χ1) is 17.1. The standard InChI is InChI=1S/C25H26FN7O3/c1-14-7-8-28-23(31-14)35-18-6-5-15(11-16(18)26)19-17-12-32(24(34)36-25(2,3)4)9-10-33(17)22-20(19)21(27)29-13-30-22/h5-8,11,13H,9-10,12H2,1-4H3,(H2,27,29,30). The van der Waals surface area contributed by atoms with Crippen LogP contribution in [0.1, 0.15) is 32.2 Å². The maximum atomic E-state index is 15.2. The van der Waals surface area contributed by atoms with Gasteiger partial charge in [-0.25, -0.2) is 29.1 Å². The number of nitrogens with zero attached hydrogens (tertiary/aromatic N) is 6. The summed E-state index contributed by atoms with van der Waals surface area (Å²) in [6.07, 6.45) is 2.52. The van der Waals surface area contributed by atoms with E-state index >= 15 is 4.39 Å². The van der Waals surface area contributed by atoms with Crippen molar-refractivity contribution in [3.8, 4) is 22.9 Å². The number of nitrogens with two attached hydrogens (primary N) is 1. The van der Waals surface area contributed by atoms with E-state index in [1.54, 1.807) is 30.2 Å². The van der Waals surface area contributed by atoms with Crippen molar-refractivity contribution in [3.63, 3.8) is 0 Å². The Balaban J connectivity index is 1.57. The van der Waals surface area contributed by atoms with E-state index in [1.165, 1.54) is 18.5 Å². The number of carbonyl (C=O) groups excluding carboxylic acids is 1. The van der Waals surface area contributed by atoms with Gasteiger partial charge in [-0.05, 0) is 51.5 Å². The summed E-state index contributed by atoms with van der Waals surface area (Å²) in [5.74, 6) is -0.336. The second-order valence-corrected chi connectivity index (χ2v) is 9.56. The molecule has 1 aliphatic rings. The van der Waals surface area contributed by atoms with E-state index in [9.17, 15) is 4.79 Å². The Kier molecular flexibility index (Phi) is 5.70. The summed E-state index contributed by atoms with van der Waals surface area (Å²) in [4.78, 5) is 31.2. The van der Waals surface area contributed by atoms with Crippen molar-refractivity contribution in [2.75, 3.05) is 12.3 Å². The Hall–Kier alpha value is -4.28. The lowest BCUT2D eigenvalue weighted by molar-refractivity contribution is 0.0201. The van der Waals surface area contributed by atoms with Crippen LogP contribution in [0.5, 0.6) is 11.8 Å². The molecule has 0 saturated carbocycles. The molecule has 0 radical (unpaired) electrons. The summed E-state index contributed by atoms with van der Waals surface area (Å²) in [6.45, 7) is 8.42. The van der Waals surface area contributed by atoms with Gasteiger partial charge in [0.15, 0.2) is 11.6 Å². The smallest absolute Gasteiger partial charge is 0.410 e. The zero-order chi connectivity index (χ0) is 25.6. The molecule has 1 aromatic carbocycles. The van der Waals surface area contributed by atoms with E-state index in [4.69, 9.17) is 15.2 Å². The van der Waals surface area contributed by atoms with Gasteiger partial charge in [0.05, 0.1) is 11.9 Å². The van der Waals surface area contributed by atoms with Gasteiger partial charge >= 0.3 is 12.1 Å². The second-order valence-electron chi connectivity index (χ2n) is 9.56. The number of benzene rings is 1. The Morgan fingerprint density at radius 1 is 1.14 bits per heavy atom. The molecular weight excluding hydrogens is 465 g/mol. The molecule has 0 unspecified atom stereocenters. The number of carbonyl (C=O) groups is 1. The number of amides is 1. The molecule has 4 aromatic rings. The summed E-state index contributed by atoms with van der Waals surface area (Å²) >= 11 is 0. The van der Waals surface area contributed by atoms with Gasteiger partial charge in [-0.3, -0.25) is 0 Å². The van der Waals surface area contributed by atoms with Crippen LogP contribution in [0.15, 0.2) is 36.8 Å². The minimum Gasteiger partial charge on any atom is -0.444 e. The number of hydrogen-bond donors (Lipinski definition) is 1. The molecular formula is C25H26FN7O3. The lowest BCUT2D eigenvalue weighted by Gasteiger charge is -2.31. The highest BCUT2D eigenvalue weighted by molar-refractivity contribution is 6.02. The minimum atomic E-state index is -0.625. The monoisotopic (exact) mass is 491 g/mol. The third-order valence-electron chi connectivity index (χ3n) is 5.76. The summed E-state index contributed by atoms with van der Waals surface area (Å²) in [5, 5.41) is 0.605.